The minimum absolute atomic E-state index is 0.161. The first-order chi connectivity index (χ1) is 9.46. The van der Waals surface area contributed by atoms with Crippen LogP contribution in [0, 0.1) is 5.92 Å². The highest BCUT2D eigenvalue weighted by Crippen LogP contribution is 2.22. The molecule has 0 bridgehead atoms. The van der Waals surface area contributed by atoms with E-state index in [1.54, 1.807) is 11.3 Å². The van der Waals surface area contributed by atoms with Gasteiger partial charge in [0, 0.05) is 24.0 Å². The second-order valence-electron chi connectivity index (χ2n) is 6.96. The van der Waals surface area contributed by atoms with Crippen molar-refractivity contribution in [2.24, 2.45) is 5.92 Å². The van der Waals surface area contributed by atoms with Crippen LogP contribution in [0.5, 0.6) is 0 Å². The first kappa shape index (κ1) is 15.9. The Morgan fingerprint density at radius 1 is 1.35 bits per heavy atom. The van der Waals surface area contributed by atoms with Crippen molar-refractivity contribution in [3.63, 3.8) is 0 Å². The molecule has 4 heteroatoms. The minimum Gasteiger partial charge on any atom is -0.306 e. The van der Waals surface area contributed by atoms with Crippen molar-refractivity contribution in [1.82, 2.24) is 15.2 Å². The summed E-state index contributed by atoms with van der Waals surface area (Å²) in [4.78, 5) is 7.32. The van der Waals surface area contributed by atoms with E-state index >= 15 is 0 Å². The third-order valence-electron chi connectivity index (χ3n) is 4.04. The number of aromatic nitrogens is 1. The second-order valence-corrected chi connectivity index (χ2v) is 7.91. The fourth-order valence-corrected chi connectivity index (χ4v) is 3.35. The van der Waals surface area contributed by atoms with Gasteiger partial charge in [0.1, 0.15) is 5.01 Å². The van der Waals surface area contributed by atoms with Crippen LogP contribution in [0.3, 0.4) is 0 Å². The number of piperidine rings is 1. The second kappa shape index (κ2) is 7.01. The Hall–Kier alpha value is -0.450. The van der Waals surface area contributed by atoms with Gasteiger partial charge in [0.15, 0.2) is 0 Å². The Kier molecular flexibility index (Phi) is 5.58. The van der Waals surface area contributed by atoms with E-state index in [1.807, 2.05) is 0 Å². The molecular weight excluding hydrogens is 266 g/mol. The summed E-state index contributed by atoms with van der Waals surface area (Å²) in [5, 5.41) is 6.94. The first-order valence-electron chi connectivity index (χ1n) is 7.87. The lowest BCUT2D eigenvalue weighted by Gasteiger charge is -2.30. The predicted molar refractivity (Wildman–Crippen MR) is 87.0 cm³/mol. The summed E-state index contributed by atoms with van der Waals surface area (Å²) in [6.07, 6.45) is 4.06. The van der Waals surface area contributed by atoms with Crippen LogP contribution in [0.2, 0.25) is 0 Å². The molecule has 1 aliphatic rings. The lowest BCUT2D eigenvalue weighted by atomic mass is 9.94. The number of nitrogens with one attached hydrogen (secondary N) is 1. The van der Waals surface area contributed by atoms with Crippen molar-refractivity contribution in [1.29, 1.82) is 0 Å². The molecule has 0 radical (unpaired) electrons. The van der Waals surface area contributed by atoms with E-state index in [9.17, 15) is 0 Å². The van der Waals surface area contributed by atoms with E-state index in [0.29, 0.717) is 0 Å². The maximum absolute atomic E-state index is 4.76. The van der Waals surface area contributed by atoms with E-state index < -0.39 is 0 Å². The Bertz CT molecular complexity index is 400. The molecule has 0 atom stereocenters. The molecule has 1 aromatic rings. The topological polar surface area (TPSA) is 28.2 Å². The van der Waals surface area contributed by atoms with Gasteiger partial charge in [0.2, 0.25) is 0 Å². The van der Waals surface area contributed by atoms with Crippen LogP contribution in [0.1, 0.15) is 57.7 Å². The normalized spacial score (nSPS) is 18.6. The molecule has 20 heavy (non-hydrogen) atoms. The average molecular weight is 295 g/mol. The van der Waals surface area contributed by atoms with Gasteiger partial charge in [0.25, 0.3) is 0 Å². The maximum Gasteiger partial charge on any atom is 0.107 e. The molecule has 0 saturated carbocycles. The molecule has 0 amide bonds. The molecule has 3 nitrogen and oxygen atoms in total. The van der Waals surface area contributed by atoms with Gasteiger partial charge in [-0.15, -0.1) is 11.3 Å². The largest absolute Gasteiger partial charge is 0.306 e. The van der Waals surface area contributed by atoms with Gasteiger partial charge < -0.3 is 5.32 Å². The molecule has 1 N–H and O–H groups in total. The van der Waals surface area contributed by atoms with Crippen LogP contribution >= 0.6 is 11.3 Å². The van der Waals surface area contributed by atoms with Crippen molar-refractivity contribution >= 4 is 11.3 Å². The summed E-state index contributed by atoms with van der Waals surface area (Å²) in [6.45, 7) is 13.3. The van der Waals surface area contributed by atoms with E-state index in [2.05, 4.69) is 43.3 Å². The Balaban J connectivity index is 1.78. The molecule has 1 aromatic heterocycles. The van der Waals surface area contributed by atoms with E-state index in [1.165, 1.54) is 43.1 Å². The number of likely N-dealkylation sites (tertiary alicyclic amines) is 1. The zero-order valence-corrected chi connectivity index (χ0v) is 14.2. The fourth-order valence-electron chi connectivity index (χ4n) is 2.63. The number of rotatable bonds is 5. The molecule has 2 rings (SSSR count). The van der Waals surface area contributed by atoms with Crippen LogP contribution in [0.15, 0.2) is 5.38 Å². The molecule has 114 valence electrons. The van der Waals surface area contributed by atoms with Crippen molar-refractivity contribution in [2.75, 3.05) is 13.1 Å². The zero-order valence-electron chi connectivity index (χ0n) is 13.4. The Labute approximate surface area is 127 Å². The summed E-state index contributed by atoms with van der Waals surface area (Å²) < 4.78 is 0. The number of hydrogen-bond acceptors (Lipinski definition) is 4. The first-order valence-corrected chi connectivity index (χ1v) is 8.75. The molecule has 0 aliphatic carbocycles. The van der Waals surface area contributed by atoms with Crippen LogP contribution < -0.4 is 5.32 Å². The summed E-state index contributed by atoms with van der Waals surface area (Å²) in [5.41, 5.74) is 1.41. The third-order valence-corrected chi connectivity index (χ3v) is 4.94. The van der Waals surface area contributed by atoms with Crippen LogP contribution in [0.4, 0.5) is 0 Å². The van der Waals surface area contributed by atoms with Crippen molar-refractivity contribution < 1.29 is 0 Å². The van der Waals surface area contributed by atoms with Crippen molar-refractivity contribution in [3.05, 3.63) is 16.1 Å². The Morgan fingerprint density at radius 2 is 2.05 bits per heavy atom. The van der Waals surface area contributed by atoms with Crippen molar-refractivity contribution in [2.45, 2.75) is 65.6 Å². The number of nitrogens with zero attached hydrogens (tertiary/aromatic N) is 2. The SMILES string of the molecule is CCC1CCN(Cc2csc(CNC(C)(C)C)n2)CC1. The minimum atomic E-state index is 0.161. The molecule has 0 unspecified atom stereocenters. The molecule has 1 aliphatic heterocycles. The third kappa shape index (κ3) is 5.15. The molecule has 0 aromatic carbocycles. The quantitative estimate of drug-likeness (QED) is 0.898. The highest BCUT2D eigenvalue weighted by atomic mass is 32.1. The lowest BCUT2D eigenvalue weighted by Crippen LogP contribution is -2.35. The lowest BCUT2D eigenvalue weighted by molar-refractivity contribution is 0.173. The average Bonchev–Trinajstić information content (AvgIpc) is 2.84. The highest BCUT2D eigenvalue weighted by molar-refractivity contribution is 7.09. The molecule has 0 spiro atoms. The van der Waals surface area contributed by atoms with Gasteiger partial charge in [-0.2, -0.15) is 0 Å². The summed E-state index contributed by atoms with van der Waals surface area (Å²) >= 11 is 1.78. The van der Waals surface area contributed by atoms with E-state index in [0.717, 1.165) is 19.0 Å². The maximum atomic E-state index is 4.76. The molecule has 1 fully saturated rings. The molecular formula is C16H29N3S. The zero-order chi connectivity index (χ0) is 14.6. The standard InChI is InChI=1S/C16H29N3S/c1-5-13-6-8-19(9-7-13)11-14-12-20-15(18-14)10-17-16(2,3)4/h12-13,17H,5-11H2,1-4H3. The van der Waals surface area contributed by atoms with E-state index in [4.69, 9.17) is 4.98 Å². The predicted octanol–water partition coefficient (Wildman–Crippen LogP) is 3.65. The van der Waals surface area contributed by atoms with Gasteiger partial charge in [-0.3, -0.25) is 4.90 Å². The van der Waals surface area contributed by atoms with Crippen LogP contribution in [-0.2, 0) is 13.1 Å². The monoisotopic (exact) mass is 295 g/mol. The van der Waals surface area contributed by atoms with Crippen LogP contribution in [-0.4, -0.2) is 28.5 Å². The Morgan fingerprint density at radius 3 is 2.65 bits per heavy atom. The molecule has 1 saturated heterocycles. The summed E-state index contributed by atoms with van der Waals surface area (Å²) in [5.74, 6) is 0.952. The molecule has 2 heterocycles. The van der Waals surface area contributed by atoms with Gasteiger partial charge in [-0.25, -0.2) is 4.98 Å². The summed E-state index contributed by atoms with van der Waals surface area (Å²) in [7, 11) is 0. The van der Waals surface area contributed by atoms with Gasteiger partial charge in [-0.1, -0.05) is 13.3 Å². The number of hydrogen-bond donors (Lipinski definition) is 1. The van der Waals surface area contributed by atoms with Crippen molar-refractivity contribution in [3.8, 4) is 0 Å². The van der Waals surface area contributed by atoms with E-state index in [-0.39, 0.29) is 5.54 Å². The highest BCUT2D eigenvalue weighted by Gasteiger charge is 2.18. The fraction of sp³-hybridized carbons (Fsp3) is 0.812. The van der Waals surface area contributed by atoms with Gasteiger partial charge in [-0.05, 0) is 52.6 Å². The number of thiazole rings is 1. The summed E-state index contributed by atoms with van der Waals surface area (Å²) in [6, 6.07) is 0. The smallest absolute Gasteiger partial charge is 0.107 e. The van der Waals surface area contributed by atoms with Gasteiger partial charge in [0.05, 0.1) is 5.69 Å². The van der Waals surface area contributed by atoms with Crippen LogP contribution in [0.25, 0.3) is 0 Å². The van der Waals surface area contributed by atoms with Gasteiger partial charge >= 0.3 is 0 Å².